The average Bonchev–Trinajstić information content (AvgIpc) is 3.05. The van der Waals surface area contributed by atoms with Crippen LogP contribution in [-0.2, 0) is 4.79 Å². The Morgan fingerprint density at radius 1 is 1.23 bits per heavy atom. The summed E-state index contributed by atoms with van der Waals surface area (Å²) in [5, 5.41) is 15.6. The van der Waals surface area contributed by atoms with Gasteiger partial charge in [-0.1, -0.05) is 26.0 Å². The van der Waals surface area contributed by atoms with E-state index in [4.69, 9.17) is 5.41 Å². The zero-order valence-corrected chi connectivity index (χ0v) is 16.3. The largest absolute Gasteiger partial charge is 0.372 e. The highest BCUT2D eigenvalue weighted by atomic mass is 32.2. The summed E-state index contributed by atoms with van der Waals surface area (Å²) in [6, 6.07) is 7.99. The number of amidine groups is 2. The number of thioether (sulfide) groups is 1. The summed E-state index contributed by atoms with van der Waals surface area (Å²) in [5.41, 5.74) is 2.27. The molecule has 0 aromatic heterocycles. The minimum Gasteiger partial charge on any atom is -0.372 e. The van der Waals surface area contributed by atoms with Crippen LogP contribution in [0, 0.1) is 11.3 Å². The molecule has 1 aromatic rings. The van der Waals surface area contributed by atoms with E-state index in [-0.39, 0.29) is 23.2 Å². The second-order valence-corrected chi connectivity index (χ2v) is 7.36. The van der Waals surface area contributed by atoms with Crippen LogP contribution < -0.4 is 4.90 Å². The highest BCUT2D eigenvalue weighted by molar-refractivity contribution is 8.27. The predicted molar refractivity (Wildman–Crippen MR) is 110 cm³/mol. The maximum atomic E-state index is 12.4. The molecule has 0 aliphatic carbocycles. The number of fused-ring (bicyclic) bond motifs is 1. The Balaban J connectivity index is 1.88. The van der Waals surface area contributed by atoms with Gasteiger partial charge < -0.3 is 4.90 Å². The third-order valence-electron chi connectivity index (χ3n) is 4.30. The number of carbonyl (C=O) groups is 1. The molecule has 2 heterocycles. The first kappa shape index (κ1) is 18.4. The molecule has 0 bridgehead atoms. The molecule has 2 aliphatic heterocycles. The van der Waals surface area contributed by atoms with Gasteiger partial charge in [0, 0.05) is 24.7 Å². The van der Waals surface area contributed by atoms with E-state index in [2.05, 4.69) is 28.8 Å². The van der Waals surface area contributed by atoms with Gasteiger partial charge in [-0.05, 0) is 49.4 Å². The Kier molecular flexibility index (Phi) is 5.27. The van der Waals surface area contributed by atoms with Gasteiger partial charge in [-0.15, -0.1) is 0 Å². The lowest BCUT2D eigenvalue weighted by Crippen LogP contribution is -2.35. The van der Waals surface area contributed by atoms with E-state index in [0.717, 1.165) is 29.4 Å². The number of nitrogens with one attached hydrogen (secondary N) is 1. The zero-order valence-electron chi connectivity index (χ0n) is 15.5. The first-order valence-corrected chi connectivity index (χ1v) is 9.61. The Bertz CT molecular complexity index is 819. The van der Waals surface area contributed by atoms with Gasteiger partial charge in [0.1, 0.15) is 5.04 Å². The fourth-order valence-electron chi connectivity index (χ4n) is 2.78. The van der Waals surface area contributed by atoms with Crippen LogP contribution >= 0.6 is 11.8 Å². The number of hydrazone groups is 1. The van der Waals surface area contributed by atoms with Crippen molar-refractivity contribution in [3.63, 3.8) is 0 Å². The molecule has 0 unspecified atom stereocenters. The van der Waals surface area contributed by atoms with Gasteiger partial charge >= 0.3 is 0 Å². The van der Waals surface area contributed by atoms with Gasteiger partial charge in [-0.25, -0.2) is 0 Å². The summed E-state index contributed by atoms with van der Waals surface area (Å²) in [6.07, 6.45) is 1.71. The Hall–Kier alpha value is -2.41. The van der Waals surface area contributed by atoms with Crippen molar-refractivity contribution >= 4 is 45.5 Å². The Labute approximate surface area is 158 Å². The van der Waals surface area contributed by atoms with Gasteiger partial charge in [0.15, 0.2) is 5.84 Å². The van der Waals surface area contributed by atoms with Crippen LogP contribution in [0.3, 0.4) is 0 Å². The van der Waals surface area contributed by atoms with Crippen LogP contribution in [0.5, 0.6) is 0 Å². The number of anilines is 1. The van der Waals surface area contributed by atoms with Crippen molar-refractivity contribution < 1.29 is 4.79 Å². The lowest BCUT2D eigenvalue weighted by Gasteiger charge is -2.21. The van der Waals surface area contributed by atoms with Crippen molar-refractivity contribution in [1.29, 1.82) is 5.41 Å². The van der Waals surface area contributed by atoms with Gasteiger partial charge in [0.05, 0.1) is 5.57 Å². The molecular weight excluding hydrogens is 346 g/mol. The van der Waals surface area contributed by atoms with Crippen LogP contribution in [0.15, 0.2) is 39.9 Å². The highest BCUT2D eigenvalue weighted by Gasteiger charge is 2.36. The first-order valence-electron chi connectivity index (χ1n) is 8.79. The Morgan fingerprint density at radius 2 is 1.88 bits per heavy atom. The molecular formula is C19H23N5OS. The smallest absolute Gasteiger partial charge is 0.283 e. The number of aliphatic imine (C=N–C) groups is 1. The monoisotopic (exact) mass is 369 g/mol. The molecule has 3 rings (SSSR count). The van der Waals surface area contributed by atoms with E-state index in [0.29, 0.717) is 5.17 Å². The summed E-state index contributed by atoms with van der Waals surface area (Å²) in [6.45, 7) is 10.2. The van der Waals surface area contributed by atoms with Crippen molar-refractivity contribution in [2.24, 2.45) is 16.0 Å². The molecule has 7 heteroatoms. The minimum atomic E-state index is -0.387. The van der Waals surface area contributed by atoms with Crippen LogP contribution in [-0.4, -0.2) is 40.1 Å². The molecule has 0 radical (unpaired) electrons. The van der Waals surface area contributed by atoms with E-state index in [1.165, 1.54) is 16.8 Å². The first-order chi connectivity index (χ1) is 12.4. The average molecular weight is 369 g/mol. The molecule has 0 saturated heterocycles. The second-order valence-electron chi connectivity index (χ2n) is 6.38. The van der Waals surface area contributed by atoms with Gasteiger partial charge in [0.25, 0.3) is 5.91 Å². The zero-order chi connectivity index (χ0) is 18.8. The normalized spacial score (nSPS) is 18.3. The summed E-state index contributed by atoms with van der Waals surface area (Å²) >= 11 is 1.36. The molecule has 26 heavy (non-hydrogen) atoms. The van der Waals surface area contributed by atoms with E-state index in [1.807, 2.05) is 38.1 Å². The number of rotatable bonds is 5. The van der Waals surface area contributed by atoms with Crippen LogP contribution in [0.2, 0.25) is 0 Å². The van der Waals surface area contributed by atoms with Gasteiger partial charge in [-0.3, -0.25) is 10.2 Å². The predicted octanol–water partition coefficient (Wildman–Crippen LogP) is 3.81. The van der Waals surface area contributed by atoms with Crippen molar-refractivity contribution in [3.8, 4) is 0 Å². The molecule has 136 valence electrons. The van der Waals surface area contributed by atoms with E-state index < -0.39 is 0 Å². The fraction of sp³-hybridized carbons (Fsp3) is 0.368. The molecule has 2 aliphatic rings. The number of nitrogens with zero attached hydrogens (tertiary/aromatic N) is 4. The molecule has 1 amide bonds. The molecule has 6 nitrogen and oxygen atoms in total. The highest BCUT2D eigenvalue weighted by Crippen LogP contribution is 2.30. The lowest BCUT2D eigenvalue weighted by molar-refractivity contribution is -0.114. The van der Waals surface area contributed by atoms with Gasteiger partial charge in [-0.2, -0.15) is 15.1 Å². The number of benzene rings is 1. The van der Waals surface area contributed by atoms with Crippen LogP contribution in [0.1, 0.15) is 33.3 Å². The molecule has 0 saturated carbocycles. The van der Waals surface area contributed by atoms with Crippen molar-refractivity contribution in [1.82, 2.24) is 5.01 Å². The molecule has 0 spiro atoms. The topological polar surface area (TPSA) is 72.1 Å². The summed E-state index contributed by atoms with van der Waals surface area (Å²) < 4.78 is 0. The third-order valence-corrected chi connectivity index (χ3v) is 5.51. The van der Waals surface area contributed by atoms with Gasteiger partial charge in [0.2, 0.25) is 5.17 Å². The molecule has 1 aromatic carbocycles. The number of carbonyl (C=O) groups excluding carboxylic acids is 1. The van der Waals surface area contributed by atoms with E-state index in [9.17, 15) is 4.79 Å². The minimum absolute atomic E-state index is 0.0796. The third kappa shape index (κ3) is 3.44. The van der Waals surface area contributed by atoms with Crippen molar-refractivity contribution in [3.05, 3.63) is 35.4 Å². The standard InChI is InChI=1S/C19H23N5OS/c1-5-23(6-2)14-9-7-13(8-10-14)11-15-16(20)24-19(21-17(15)25)26-18(22-24)12(3)4/h7-12,20H,5-6H2,1-4H3/b15-11-,20-16?. The maximum absolute atomic E-state index is 12.4. The maximum Gasteiger partial charge on any atom is 0.283 e. The molecule has 1 N–H and O–H groups in total. The number of hydrogen-bond donors (Lipinski definition) is 1. The fourth-order valence-corrected chi connectivity index (χ4v) is 3.67. The molecule has 0 fully saturated rings. The van der Waals surface area contributed by atoms with Crippen molar-refractivity contribution in [2.45, 2.75) is 27.7 Å². The van der Waals surface area contributed by atoms with Crippen LogP contribution in [0.4, 0.5) is 5.69 Å². The Morgan fingerprint density at radius 3 is 2.46 bits per heavy atom. The van der Waals surface area contributed by atoms with E-state index >= 15 is 0 Å². The quantitative estimate of drug-likeness (QED) is 0.801. The summed E-state index contributed by atoms with van der Waals surface area (Å²) in [5.74, 6) is -0.0750. The molecule has 0 atom stereocenters. The van der Waals surface area contributed by atoms with E-state index in [1.54, 1.807) is 6.08 Å². The second kappa shape index (κ2) is 7.45. The number of hydrogen-bond acceptors (Lipinski definition) is 5. The lowest BCUT2D eigenvalue weighted by atomic mass is 10.1. The number of amides is 1. The summed E-state index contributed by atoms with van der Waals surface area (Å²) in [7, 11) is 0. The summed E-state index contributed by atoms with van der Waals surface area (Å²) in [4.78, 5) is 18.8. The SMILES string of the molecule is CCN(CC)c1ccc(/C=C2/C(=N)N3N=C(C(C)C)SC3=NC2=O)cc1. The van der Waals surface area contributed by atoms with Crippen LogP contribution in [0.25, 0.3) is 6.08 Å². The van der Waals surface area contributed by atoms with Crippen molar-refractivity contribution in [2.75, 3.05) is 18.0 Å².